The predicted octanol–water partition coefficient (Wildman–Crippen LogP) is 6.28. The lowest BCUT2D eigenvalue weighted by molar-refractivity contribution is -0.140. The molecule has 3 aromatic rings. The summed E-state index contributed by atoms with van der Waals surface area (Å²) < 4.78 is 69.0. The van der Waals surface area contributed by atoms with Crippen LogP contribution in [0.1, 0.15) is 44.7 Å². The van der Waals surface area contributed by atoms with Gasteiger partial charge in [-0.1, -0.05) is 61.8 Å². The van der Waals surface area contributed by atoms with Crippen LogP contribution >= 0.6 is 11.6 Å². The molecule has 3 aromatic carbocycles. The Bertz CT molecular complexity index is 1470. The minimum absolute atomic E-state index is 0.0652. The lowest BCUT2D eigenvalue weighted by atomic mass is 10.1. The standard InChI is InChI=1S/C30H33ClF3N3O4S/c1-4-21(3)35-29(39)27(5-2)36(19-22-14-16-24(31)17-15-22)28(38)20-37(42(40,41)26-12-7-6-8-13-26)25-11-9-10-23(18-25)30(32,33)34/h6-18,21,27H,4-5,19-20H2,1-3H3,(H,35,39)/t21-,27-/m1/s1. The summed E-state index contributed by atoms with van der Waals surface area (Å²) in [6, 6.07) is 16.3. The van der Waals surface area contributed by atoms with Gasteiger partial charge in [0.15, 0.2) is 0 Å². The molecule has 0 saturated carbocycles. The van der Waals surface area contributed by atoms with Crippen LogP contribution in [0.15, 0.2) is 83.8 Å². The van der Waals surface area contributed by atoms with Crippen LogP contribution < -0.4 is 9.62 Å². The van der Waals surface area contributed by atoms with Gasteiger partial charge in [-0.05, 0) is 67.8 Å². The molecule has 12 heteroatoms. The molecule has 0 aliphatic carbocycles. The highest BCUT2D eigenvalue weighted by Gasteiger charge is 2.36. The van der Waals surface area contributed by atoms with Gasteiger partial charge in [0.05, 0.1) is 16.1 Å². The van der Waals surface area contributed by atoms with E-state index in [9.17, 15) is 31.2 Å². The van der Waals surface area contributed by atoms with E-state index in [0.717, 1.165) is 12.1 Å². The number of amides is 2. The molecule has 0 heterocycles. The maximum atomic E-state index is 14.0. The fraction of sp³-hybridized carbons (Fsp3) is 0.333. The van der Waals surface area contributed by atoms with Crippen LogP contribution in [-0.2, 0) is 32.3 Å². The van der Waals surface area contributed by atoms with Gasteiger partial charge in [-0.25, -0.2) is 8.42 Å². The van der Waals surface area contributed by atoms with Gasteiger partial charge in [0.25, 0.3) is 10.0 Å². The molecule has 7 nitrogen and oxygen atoms in total. The quantitative estimate of drug-likeness (QED) is 0.257. The van der Waals surface area contributed by atoms with Crippen molar-refractivity contribution in [3.63, 3.8) is 0 Å². The average molecular weight is 624 g/mol. The lowest BCUT2D eigenvalue weighted by Crippen LogP contribution is -2.53. The van der Waals surface area contributed by atoms with E-state index >= 15 is 0 Å². The Balaban J connectivity index is 2.10. The Kier molecular flexibility index (Phi) is 11.0. The highest BCUT2D eigenvalue weighted by molar-refractivity contribution is 7.92. The minimum Gasteiger partial charge on any atom is -0.352 e. The van der Waals surface area contributed by atoms with Crippen molar-refractivity contribution in [1.29, 1.82) is 0 Å². The van der Waals surface area contributed by atoms with Gasteiger partial charge in [0, 0.05) is 17.6 Å². The first-order valence-electron chi connectivity index (χ1n) is 13.4. The summed E-state index contributed by atoms with van der Waals surface area (Å²) in [5, 5.41) is 3.33. The van der Waals surface area contributed by atoms with Crippen molar-refractivity contribution in [3.8, 4) is 0 Å². The highest BCUT2D eigenvalue weighted by atomic mass is 35.5. The molecule has 0 unspecified atom stereocenters. The van der Waals surface area contributed by atoms with E-state index in [-0.39, 0.29) is 29.6 Å². The second kappa shape index (κ2) is 14.1. The molecule has 42 heavy (non-hydrogen) atoms. The number of alkyl halides is 3. The van der Waals surface area contributed by atoms with Crippen LogP contribution in [0.3, 0.4) is 0 Å². The molecule has 0 fully saturated rings. The zero-order valence-corrected chi connectivity index (χ0v) is 25.0. The third-order valence-corrected chi connectivity index (χ3v) is 8.76. The second-order valence-electron chi connectivity index (χ2n) is 9.76. The number of hydrogen-bond acceptors (Lipinski definition) is 4. The molecule has 0 bridgehead atoms. The largest absolute Gasteiger partial charge is 0.416 e. The molecule has 3 rings (SSSR count). The number of halogens is 4. The van der Waals surface area contributed by atoms with Gasteiger partial charge in [0.2, 0.25) is 11.8 Å². The Morgan fingerprint density at radius 1 is 0.929 bits per heavy atom. The van der Waals surface area contributed by atoms with Gasteiger partial charge in [-0.3, -0.25) is 13.9 Å². The lowest BCUT2D eigenvalue weighted by Gasteiger charge is -2.34. The number of anilines is 1. The predicted molar refractivity (Wildman–Crippen MR) is 156 cm³/mol. The number of sulfonamides is 1. The van der Waals surface area contributed by atoms with Crippen molar-refractivity contribution in [2.45, 2.75) is 63.3 Å². The zero-order valence-electron chi connectivity index (χ0n) is 23.4. The first-order valence-corrected chi connectivity index (χ1v) is 15.2. The van der Waals surface area contributed by atoms with Gasteiger partial charge in [-0.15, -0.1) is 0 Å². The summed E-state index contributed by atoms with van der Waals surface area (Å²) >= 11 is 6.02. The van der Waals surface area contributed by atoms with Crippen LogP contribution in [-0.4, -0.2) is 43.8 Å². The number of hydrogen-bond donors (Lipinski definition) is 1. The topological polar surface area (TPSA) is 86.8 Å². The van der Waals surface area contributed by atoms with Crippen LogP contribution in [0, 0.1) is 0 Å². The Labute approximate surface area is 249 Å². The summed E-state index contributed by atoms with van der Waals surface area (Å²) in [5.74, 6) is -1.20. The number of nitrogens with one attached hydrogen (secondary N) is 1. The molecule has 226 valence electrons. The smallest absolute Gasteiger partial charge is 0.352 e. The molecule has 0 spiro atoms. The van der Waals surface area contributed by atoms with Crippen LogP contribution in [0.25, 0.3) is 0 Å². The van der Waals surface area contributed by atoms with Gasteiger partial charge in [-0.2, -0.15) is 13.2 Å². The molecular formula is C30H33ClF3N3O4S. The fourth-order valence-electron chi connectivity index (χ4n) is 4.23. The molecule has 0 saturated heterocycles. The zero-order chi connectivity index (χ0) is 31.1. The van der Waals surface area contributed by atoms with Crippen molar-refractivity contribution in [2.24, 2.45) is 0 Å². The minimum atomic E-state index is -4.75. The van der Waals surface area contributed by atoms with E-state index in [1.54, 1.807) is 37.3 Å². The van der Waals surface area contributed by atoms with Crippen molar-refractivity contribution >= 4 is 39.1 Å². The monoisotopic (exact) mass is 623 g/mol. The van der Waals surface area contributed by atoms with E-state index < -0.39 is 46.2 Å². The molecule has 1 N–H and O–H groups in total. The number of benzene rings is 3. The summed E-state index contributed by atoms with van der Waals surface area (Å²) in [5.41, 5.74) is -0.789. The van der Waals surface area contributed by atoms with Crippen molar-refractivity contribution in [2.75, 3.05) is 10.8 Å². The van der Waals surface area contributed by atoms with Crippen LogP contribution in [0.4, 0.5) is 18.9 Å². The van der Waals surface area contributed by atoms with Gasteiger partial charge >= 0.3 is 6.18 Å². The summed E-state index contributed by atoms with van der Waals surface area (Å²) in [4.78, 5) is 28.3. The number of nitrogens with zero attached hydrogens (tertiary/aromatic N) is 2. The Morgan fingerprint density at radius 2 is 1.57 bits per heavy atom. The van der Waals surface area contributed by atoms with Gasteiger partial charge < -0.3 is 10.2 Å². The van der Waals surface area contributed by atoms with Crippen LogP contribution in [0.5, 0.6) is 0 Å². The van der Waals surface area contributed by atoms with E-state index in [0.29, 0.717) is 27.4 Å². The maximum Gasteiger partial charge on any atom is 0.416 e. The van der Waals surface area contributed by atoms with Crippen molar-refractivity contribution in [1.82, 2.24) is 10.2 Å². The van der Waals surface area contributed by atoms with E-state index in [2.05, 4.69) is 5.32 Å². The van der Waals surface area contributed by atoms with E-state index in [4.69, 9.17) is 11.6 Å². The summed E-state index contributed by atoms with van der Waals surface area (Å²) in [6.07, 6.45) is -3.90. The van der Waals surface area contributed by atoms with E-state index in [1.165, 1.54) is 35.2 Å². The summed E-state index contributed by atoms with van der Waals surface area (Å²) in [6.45, 7) is 4.51. The Morgan fingerprint density at radius 3 is 2.14 bits per heavy atom. The third kappa shape index (κ3) is 8.25. The normalized spacial score (nSPS) is 13.2. The molecule has 0 radical (unpaired) electrons. The highest BCUT2D eigenvalue weighted by Crippen LogP contribution is 2.33. The average Bonchev–Trinajstić information content (AvgIpc) is 2.96. The molecular weight excluding hydrogens is 591 g/mol. The first kappa shape index (κ1) is 32.9. The number of carbonyl (C=O) groups is 2. The summed E-state index contributed by atoms with van der Waals surface area (Å²) in [7, 11) is -4.50. The SMILES string of the molecule is CC[C@@H](C)NC(=O)[C@@H](CC)N(Cc1ccc(Cl)cc1)C(=O)CN(c1cccc(C(F)(F)F)c1)S(=O)(=O)c1ccccc1. The molecule has 2 atom stereocenters. The molecule has 0 aliphatic rings. The molecule has 0 aromatic heterocycles. The third-order valence-electron chi connectivity index (χ3n) is 6.72. The number of carbonyl (C=O) groups excluding carboxylic acids is 2. The first-order chi connectivity index (χ1) is 19.8. The van der Waals surface area contributed by atoms with Crippen LogP contribution in [0.2, 0.25) is 5.02 Å². The van der Waals surface area contributed by atoms with Crippen molar-refractivity contribution < 1.29 is 31.2 Å². The van der Waals surface area contributed by atoms with Gasteiger partial charge in [0.1, 0.15) is 12.6 Å². The maximum absolute atomic E-state index is 14.0. The van der Waals surface area contributed by atoms with E-state index in [1.807, 2.05) is 13.8 Å². The number of rotatable bonds is 12. The fourth-order valence-corrected chi connectivity index (χ4v) is 5.79. The van der Waals surface area contributed by atoms with Crippen molar-refractivity contribution in [3.05, 3.63) is 95.0 Å². The second-order valence-corrected chi connectivity index (χ2v) is 12.1. The Hall–Kier alpha value is -3.57. The molecule has 0 aliphatic heterocycles. The molecule has 2 amide bonds.